The summed E-state index contributed by atoms with van der Waals surface area (Å²) in [4.78, 5) is 0. The van der Waals surface area contributed by atoms with Crippen molar-refractivity contribution in [3.8, 4) is 0 Å². The predicted molar refractivity (Wildman–Crippen MR) is 65.6 cm³/mol. The van der Waals surface area contributed by atoms with Crippen molar-refractivity contribution in [1.82, 2.24) is 10.2 Å². The van der Waals surface area contributed by atoms with Crippen LogP contribution in [0.5, 0.6) is 0 Å². The van der Waals surface area contributed by atoms with Gasteiger partial charge < -0.3 is 11.5 Å². The summed E-state index contributed by atoms with van der Waals surface area (Å²) in [7, 11) is 0. The predicted octanol–water partition coefficient (Wildman–Crippen LogP) is 3.03. The molecule has 6 nitrogen and oxygen atoms in total. The third kappa shape index (κ3) is 2.30. The molecule has 0 aliphatic heterocycles. The van der Waals surface area contributed by atoms with Gasteiger partial charge in [-0.05, 0) is 12.1 Å². The van der Waals surface area contributed by atoms with Crippen LogP contribution in [0.4, 0.5) is 31.8 Å². The highest BCUT2D eigenvalue weighted by Crippen LogP contribution is 2.31. The zero-order chi connectivity index (χ0) is 13.3. The minimum atomic E-state index is -0.855. The number of anilines is 2. The minimum Gasteiger partial charge on any atom is -0.382 e. The Hall–Kier alpha value is -2.03. The smallest absolute Gasteiger partial charge is 0.175 e. The Morgan fingerprint density at radius 3 is 2.17 bits per heavy atom. The SMILES string of the molecule is Nc1n[nH]c(N)c1N=Nc1c(F)cc(Br)cc1F. The summed E-state index contributed by atoms with van der Waals surface area (Å²) >= 11 is 2.95. The molecule has 0 aliphatic rings. The number of hydrogen-bond acceptors (Lipinski definition) is 5. The van der Waals surface area contributed by atoms with Crippen molar-refractivity contribution in [1.29, 1.82) is 0 Å². The van der Waals surface area contributed by atoms with E-state index in [1.165, 1.54) is 0 Å². The first kappa shape index (κ1) is 12.4. The molecule has 0 radical (unpaired) electrons. The van der Waals surface area contributed by atoms with Gasteiger partial charge in [-0.2, -0.15) is 5.10 Å². The summed E-state index contributed by atoms with van der Waals surface area (Å²) in [5.74, 6) is -1.65. The molecular weight excluding hydrogens is 310 g/mol. The Kier molecular flexibility index (Phi) is 3.24. The van der Waals surface area contributed by atoms with Crippen LogP contribution in [-0.2, 0) is 0 Å². The van der Waals surface area contributed by atoms with E-state index in [2.05, 4.69) is 36.4 Å². The van der Waals surface area contributed by atoms with Crippen LogP contribution in [0.15, 0.2) is 26.8 Å². The van der Waals surface area contributed by atoms with Crippen molar-refractivity contribution >= 4 is 38.9 Å². The van der Waals surface area contributed by atoms with Crippen molar-refractivity contribution in [3.05, 3.63) is 28.2 Å². The van der Waals surface area contributed by atoms with E-state index in [1.54, 1.807) is 0 Å². The number of rotatable bonds is 2. The van der Waals surface area contributed by atoms with Crippen LogP contribution in [0.3, 0.4) is 0 Å². The number of aromatic amines is 1. The van der Waals surface area contributed by atoms with E-state index < -0.39 is 17.3 Å². The molecule has 0 spiro atoms. The summed E-state index contributed by atoms with van der Waals surface area (Å²) in [6.45, 7) is 0. The molecular formula is C9H7BrF2N6. The molecule has 18 heavy (non-hydrogen) atoms. The number of aromatic nitrogens is 2. The maximum Gasteiger partial charge on any atom is 0.175 e. The molecule has 9 heteroatoms. The Bertz CT molecular complexity index is 581. The summed E-state index contributed by atoms with van der Waals surface area (Å²) in [6, 6.07) is 2.14. The molecule has 0 saturated carbocycles. The molecule has 2 aromatic rings. The van der Waals surface area contributed by atoms with Gasteiger partial charge in [-0.15, -0.1) is 10.2 Å². The van der Waals surface area contributed by atoms with Crippen LogP contribution in [0.1, 0.15) is 0 Å². The largest absolute Gasteiger partial charge is 0.382 e. The molecule has 5 N–H and O–H groups in total. The highest BCUT2D eigenvalue weighted by molar-refractivity contribution is 9.10. The topological polar surface area (TPSA) is 105 Å². The number of nitrogens with two attached hydrogens (primary N) is 2. The van der Waals surface area contributed by atoms with Crippen molar-refractivity contribution < 1.29 is 8.78 Å². The van der Waals surface area contributed by atoms with Crippen molar-refractivity contribution in [2.75, 3.05) is 11.5 Å². The third-order valence-corrected chi connectivity index (χ3v) is 2.48. The zero-order valence-corrected chi connectivity index (χ0v) is 10.4. The number of nitrogens with one attached hydrogen (secondary N) is 1. The van der Waals surface area contributed by atoms with E-state index in [9.17, 15) is 8.78 Å². The first-order chi connectivity index (χ1) is 8.49. The average molecular weight is 317 g/mol. The van der Waals surface area contributed by atoms with Gasteiger partial charge in [0, 0.05) is 4.47 Å². The molecule has 0 fully saturated rings. The van der Waals surface area contributed by atoms with E-state index >= 15 is 0 Å². The number of azo groups is 1. The van der Waals surface area contributed by atoms with Gasteiger partial charge in [0.1, 0.15) is 5.82 Å². The molecule has 1 aromatic heterocycles. The van der Waals surface area contributed by atoms with Gasteiger partial charge in [-0.3, -0.25) is 5.10 Å². The Balaban J connectivity index is 2.41. The Labute approximate surface area is 108 Å². The average Bonchev–Trinajstić information content (AvgIpc) is 2.58. The van der Waals surface area contributed by atoms with Crippen LogP contribution < -0.4 is 11.5 Å². The second kappa shape index (κ2) is 4.69. The highest BCUT2D eigenvalue weighted by atomic mass is 79.9. The van der Waals surface area contributed by atoms with Crippen molar-refractivity contribution in [2.45, 2.75) is 0 Å². The van der Waals surface area contributed by atoms with Gasteiger partial charge in [-0.25, -0.2) is 8.78 Å². The van der Waals surface area contributed by atoms with Gasteiger partial charge in [0.25, 0.3) is 0 Å². The van der Waals surface area contributed by atoms with Crippen molar-refractivity contribution in [2.24, 2.45) is 10.2 Å². The molecule has 1 aromatic carbocycles. The van der Waals surface area contributed by atoms with Crippen molar-refractivity contribution in [3.63, 3.8) is 0 Å². The summed E-state index contributed by atoms with van der Waals surface area (Å²) in [5.41, 5.74) is 10.4. The molecule has 94 valence electrons. The van der Waals surface area contributed by atoms with Crippen LogP contribution in [0.2, 0.25) is 0 Å². The highest BCUT2D eigenvalue weighted by Gasteiger charge is 2.11. The van der Waals surface area contributed by atoms with Crippen LogP contribution in [-0.4, -0.2) is 10.2 Å². The van der Waals surface area contributed by atoms with Gasteiger partial charge >= 0.3 is 0 Å². The van der Waals surface area contributed by atoms with E-state index in [0.717, 1.165) is 12.1 Å². The first-order valence-electron chi connectivity index (χ1n) is 4.64. The summed E-state index contributed by atoms with van der Waals surface area (Å²) in [5, 5.41) is 12.9. The fourth-order valence-electron chi connectivity index (χ4n) is 1.20. The lowest BCUT2D eigenvalue weighted by Gasteiger charge is -1.99. The van der Waals surface area contributed by atoms with E-state index in [-0.39, 0.29) is 21.8 Å². The van der Waals surface area contributed by atoms with Gasteiger partial charge in [0.15, 0.2) is 28.8 Å². The van der Waals surface area contributed by atoms with Gasteiger partial charge in [0.2, 0.25) is 0 Å². The van der Waals surface area contributed by atoms with Gasteiger partial charge in [-0.1, -0.05) is 15.9 Å². The molecule has 0 unspecified atom stereocenters. The fourth-order valence-corrected chi connectivity index (χ4v) is 1.60. The second-order valence-electron chi connectivity index (χ2n) is 3.29. The Morgan fingerprint density at radius 2 is 1.67 bits per heavy atom. The molecule has 0 bridgehead atoms. The Morgan fingerprint density at radius 1 is 1.11 bits per heavy atom. The monoisotopic (exact) mass is 316 g/mol. The lowest BCUT2D eigenvalue weighted by Crippen LogP contribution is -1.86. The minimum absolute atomic E-state index is 0.00539. The lowest BCUT2D eigenvalue weighted by atomic mass is 10.3. The van der Waals surface area contributed by atoms with E-state index in [0.29, 0.717) is 0 Å². The number of benzene rings is 1. The normalized spacial score (nSPS) is 11.3. The van der Waals surface area contributed by atoms with Gasteiger partial charge in [0.05, 0.1) is 0 Å². The lowest BCUT2D eigenvalue weighted by molar-refractivity contribution is 0.584. The second-order valence-corrected chi connectivity index (χ2v) is 4.20. The molecule has 0 aliphatic carbocycles. The number of halogens is 3. The molecule has 1 heterocycles. The number of hydrogen-bond donors (Lipinski definition) is 3. The maximum atomic E-state index is 13.4. The third-order valence-electron chi connectivity index (χ3n) is 2.03. The van der Waals surface area contributed by atoms with Crippen LogP contribution >= 0.6 is 15.9 Å². The zero-order valence-electron chi connectivity index (χ0n) is 8.78. The number of nitrogen functional groups attached to an aromatic ring is 2. The fraction of sp³-hybridized carbons (Fsp3) is 0. The van der Waals surface area contributed by atoms with E-state index in [4.69, 9.17) is 11.5 Å². The molecule has 0 atom stereocenters. The number of nitrogens with zero attached hydrogens (tertiary/aromatic N) is 3. The molecule has 0 amide bonds. The van der Waals surface area contributed by atoms with Crippen LogP contribution in [0.25, 0.3) is 0 Å². The number of H-pyrrole nitrogens is 1. The van der Waals surface area contributed by atoms with E-state index in [1.807, 2.05) is 0 Å². The van der Waals surface area contributed by atoms with Crippen LogP contribution in [0, 0.1) is 11.6 Å². The quantitative estimate of drug-likeness (QED) is 0.741. The maximum absolute atomic E-state index is 13.4. The molecule has 2 rings (SSSR count). The molecule has 0 saturated heterocycles. The summed E-state index contributed by atoms with van der Waals surface area (Å²) < 4.78 is 27.1. The summed E-state index contributed by atoms with van der Waals surface area (Å²) in [6.07, 6.45) is 0. The first-order valence-corrected chi connectivity index (χ1v) is 5.44. The standard InChI is InChI=1S/C9H7BrF2N6/c10-3-1-4(11)6(5(12)2-3)15-16-7-8(13)17-18-9(7)14/h1-2H,(H5,13,14,17,18).